The van der Waals surface area contributed by atoms with Crippen LogP contribution in [0.5, 0.6) is 5.75 Å². The lowest BCUT2D eigenvalue weighted by Crippen LogP contribution is -2.15. The van der Waals surface area contributed by atoms with E-state index >= 15 is 0 Å². The van der Waals surface area contributed by atoms with Crippen LogP contribution in [-0.2, 0) is 6.54 Å². The highest BCUT2D eigenvalue weighted by Crippen LogP contribution is 2.18. The SMILES string of the molecule is CCCCCCNCc1ccccc1OCCC(C)C. The molecule has 0 radical (unpaired) electrons. The van der Waals surface area contributed by atoms with Gasteiger partial charge < -0.3 is 10.1 Å². The van der Waals surface area contributed by atoms with E-state index in [-0.39, 0.29) is 0 Å². The number of rotatable bonds is 11. The second kappa shape index (κ2) is 10.7. The van der Waals surface area contributed by atoms with Crippen LogP contribution in [0.3, 0.4) is 0 Å². The first kappa shape index (κ1) is 17.0. The predicted octanol–water partition coefficient (Wildman–Crippen LogP) is 4.78. The number of hydrogen-bond acceptors (Lipinski definition) is 2. The van der Waals surface area contributed by atoms with Crippen molar-refractivity contribution in [1.29, 1.82) is 0 Å². The molecule has 20 heavy (non-hydrogen) atoms. The van der Waals surface area contributed by atoms with E-state index < -0.39 is 0 Å². The third-order valence-electron chi connectivity index (χ3n) is 3.45. The van der Waals surface area contributed by atoms with Gasteiger partial charge in [0, 0.05) is 12.1 Å². The summed E-state index contributed by atoms with van der Waals surface area (Å²) in [5, 5.41) is 3.52. The zero-order valence-corrected chi connectivity index (χ0v) is 13.5. The summed E-state index contributed by atoms with van der Waals surface area (Å²) in [5.74, 6) is 1.73. The van der Waals surface area contributed by atoms with Crippen LogP contribution >= 0.6 is 0 Å². The summed E-state index contributed by atoms with van der Waals surface area (Å²) in [4.78, 5) is 0. The number of nitrogens with one attached hydrogen (secondary N) is 1. The number of ether oxygens (including phenoxy) is 1. The fourth-order valence-electron chi connectivity index (χ4n) is 2.10. The fourth-order valence-corrected chi connectivity index (χ4v) is 2.10. The third-order valence-corrected chi connectivity index (χ3v) is 3.45. The van der Waals surface area contributed by atoms with Crippen molar-refractivity contribution in [3.63, 3.8) is 0 Å². The summed E-state index contributed by atoms with van der Waals surface area (Å²) in [7, 11) is 0. The van der Waals surface area contributed by atoms with Gasteiger partial charge in [0.05, 0.1) is 6.61 Å². The minimum absolute atomic E-state index is 0.693. The minimum atomic E-state index is 0.693. The Morgan fingerprint density at radius 1 is 1.10 bits per heavy atom. The van der Waals surface area contributed by atoms with Gasteiger partial charge in [0.25, 0.3) is 0 Å². The van der Waals surface area contributed by atoms with Crippen LogP contribution in [0.1, 0.15) is 58.4 Å². The lowest BCUT2D eigenvalue weighted by molar-refractivity contribution is 0.286. The Bertz CT molecular complexity index is 349. The first-order valence-electron chi connectivity index (χ1n) is 8.15. The van der Waals surface area contributed by atoms with Crippen molar-refractivity contribution in [3.8, 4) is 5.75 Å². The number of benzene rings is 1. The summed E-state index contributed by atoms with van der Waals surface area (Å²) in [6, 6.07) is 8.37. The van der Waals surface area contributed by atoms with Crippen LogP contribution < -0.4 is 10.1 Å². The van der Waals surface area contributed by atoms with E-state index in [0.717, 1.165) is 31.9 Å². The highest BCUT2D eigenvalue weighted by molar-refractivity contribution is 5.33. The molecule has 0 aromatic heterocycles. The molecule has 0 atom stereocenters. The van der Waals surface area contributed by atoms with Gasteiger partial charge in [0.2, 0.25) is 0 Å². The largest absolute Gasteiger partial charge is 0.493 e. The topological polar surface area (TPSA) is 21.3 Å². The molecule has 1 aromatic carbocycles. The predicted molar refractivity (Wildman–Crippen MR) is 87.2 cm³/mol. The monoisotopic (exact) mass is 277 g/mol. The minimum Gasteiger partial charge on any atom is -0.493 e. The Balaban J connectivity index is 2.29. The summed E-state index contributed by atoms with van der Waals surface area (Å²) >= 11 is 0. The van der Waals surface area contributed by atoms with Crippen molar-refractivity contribution in [1.82, 2.24) is 5.32 Å². The Kier molecular flexibility index (Phi) is 9.14. The molecular weight excluding hydrogens is 246 g/mol. The van der Waals surface area contributed by atoms with Crippen LogP contribution in [0, 0.1) is 5.92 Å². The van der Waals surface area contributed by atoms with Crippen LogP contribution in [0.15, 0.2) is 24.3 Å². The molecule has 0 bridgehead atoms. The molecule has 1 N–H and O–H groups in total. The second-order valence-corrected chi connectivity index (χ2v) is 5.88. The first-order valence-corrected chi connectivity index (χ1v) is 8.15. The molecule has 2 heteroatoms. The smallest absolute Gasteiger partial charge is 0.123 e. The standard InChI is InChI=1S/C18H31NO/c1-4-5-6-9-13-19-15-17-10-7-8-11-18(17)20-14-12-16(2)3/h7-8,10-11,16,19H,4-6,9,12-15H2,1-3H3. The van der Waals surface area contributed by atoms with Crippen molar-refractivity contribution in [3.05, 3.63) is 29.8 Å². The van der Waals surface area contributed by atoms with Crippen LogP contribution in [0.4, 0.5) is 0 Å². The van der Waals surface area contributed by atoms with Gasteiger partial charge in [0.1, 0.15) is 5.75 Å². The number of hydrogen-bond donors (Lipinski definition) is 1. The van der Waals surface area contributed by atoms with E-state index in [2.05, 4.69) is 50.4 Å². The van der Waals surface area contributed by atoms with Gasteiger partial charge in [-0.25, -0.2) is 0 Å². The van der Waals surface area contributed by atoms with Gasteiger partial charge in [0.15, 0.2) is 0 Å². The van der Waals surface area contributed by atoms with E-state index in [1.165, 1.54) is 31.2 Å². The quantitative estimate of drug-likeness (QED) is 0.588. The normalized spacial score (nSPS) is 11.0. The van der Waals surface area contributed by atoms with Gasteiger partial charge in [-0.15, -0.1) is 0 Å². The summed E-state index contributed by atoms with van der Waals surface area (Å²) in [6.07, 6.45) is 6.35. The first-order chi connectivity index (χ1) is 9.74. The van der Waals surface area contributed by atoms with Gasteiger partial charge in [-0.05, 0) is 31.4 Å². The molecule has 114 valence electrons. The maximum atomic E-state index is 5.90. The van der Waals surface area contributed by atoms with Crippen molar-refractivity contribution in [2.45, 2.75) is 59.4 Å². The van der Waals surface area contributed by atoms with E-state index in [1.54, 1.807) is 0 Å². The molecule has 0 heterocycles. The molecule has 0 amide bonds. The zero-order valence-electron chi connectivity index (χ0n) is 13.5. The van der Waals surface area contributed by atoms with E-state index in [9.17, 15) is 0 Å². The molecule has 1 aromatic rings. The fraction of sp³-hybridized carbons (Fsp3) is 0.667. The molecule has 1 rings (SSSR count). The average molecular weight is 277 g/mol. The van der Waals surface area contributed by atoms with Crippen molar-refractivity contribution < 1.29 is 4.74 Å². The van der Waals surface area contributed by atoms with Crippen LogP contribution in [-0.4, -0.2) is 13.2 Å². The Hall–Kier alpha value is -1.02. The zero-order chi connectivity index (χ0) is 14.6. The molecule has 0 unspecified atom stereocenters. The highest BCUT2D eigenvalue weighted by Gasteiger charge is 2.03. The van der Waals surface area contributed by atoms with Crippen LogP contribution in [0.2, 0.25) is 0 Å². The molecule has 0 aliphatic heterocycles. The maximum Gasteiger partial charge on any atom is 0.123 e. The molecule has 0 saturated heterocycles. The Morgan fingerprint density at radius 3 is 2.65 bits per heavy atom. The Labute approximate surface area is 124 Å². The summed E-state index contributed by atoms with van der Waals surface area (Å²) in [5.41, 5.74) is 1.27. The molecule has 0 spiro atoms. The molecule has 0 aliphatic rings. The molecular formula is C18H31NO. The molecule has 2 nitrogen and oxygen atoms in total. The third kappa shape index (κ3) is 7.54. The van der Waals surface area contributed by atoms with Gasteiger partial charge in [-0.1, -0.05) is 58.2 Å². The Morgan fingerprint density at radius 2 is 1.90 bits per heavy atom. The van der Waals surface area contributed by atoms with Crippen molar-refractivity contribution >= 4 is 0 Å². The summed E-state index contributed by atoms with van der Waals surface area (Å²) in [6.45, 7) is 9.52. The highest BCUT2D eigenvalue weighted by atomic mass is 16.5. The maximum absolute atomic E-state index is 5.90. The second-order valence-electron chi connectivity index (χ2n) is 5.88. The van der Waals surface area contributed by atoms with Crippen molar-refractivity contribution in [2.75, 3.05) is 13.2 Å². The molecule has 0 aliphatic carbocycles. The lowest BCUT2D eigenvalue weighted by atomic mass is 10.1. The van der Waals surface area contributed by atoms with Gasteiger partial charge >= 0.3 is 0 Å². The van der Waals surface area contributed by atoms with Crippen molar-refractivity contribution in [2.24, 2.45) is 5.92 Å². The van der Waals surface area contributed by atoms with E-state index in [1.807, 2.05) is 0 Å². The summed E-state index contributed by atoms with van der Waals surface area (Å²) < 4.78 is 5.90. The van der Waals surface area contributed by atoms with Gasteiger partial charge in [-0.2, -0.15) is 0 Å². The van der Waals surface area contributed by atoms with Gasteiger partial charge in [-0.3, -0.25) is 0 Å². The van der Waals surface area contributed by atoms with E-state index in [0.29, 0.717) is 5.92 Å². The van der Waals surface area contributed by atoms with E-state index in [4.69, 9.17) is 4.74 Å². The van der Waals surface area contributed by atoms with Crippen LogP contribution in [0.25, 0.3) is 0 Å². The lowest BCUT2D eigenvalue weighted by Gasteiger charge is -2.13. The number of para-hydroxylation sites is 1. The average Bonchev–Trinajstić information content (AvgIpc) is 2.44. The molecule has 0 fully saturated rings. The number of unbranched alkanes of at least 4 members (excludes halogenated alkanes) is 3. The molecule has 0 saturated carbocycles.